The monoisotopic (exact) mass is 250 g/mol. The van der Waals surface area contributed by atoms with E-state index >= 15 is 0 Å². The maximum atomic E-state index is 13.0. The SMILES string of the molecule is CC1(C)CCCCC1C(=O)C1CCCCC1(C)C. The fourth-order valence-electron chi connectivity index (χ4n) is 4.29. The molecule has 104 valence electrons. The minimum atomic E-state index is 0.239. The first-order chi connectivity index (χ1) is 8.34. The van der Waals surface area contributed by atoms with Gasteiger partial charge in [0.25, 0.3) is 0 Å². The van der Waals surface area contributed by atoms with Crippen LogP contribution < -0.4 is 0 Å². The minimum Gasteiger partial charge on any atom is -0.299 e. The zero-order chi connectivity index (χ0) is 13.4. The van der Waals surface area contributed by atoms with E-state index in [-0.39, 0.29) is 10.8 Å². The molecule has 0 aliphatic heterocycles. The highest BCUT2D eigenvalue weighted by molar-refractivity contribution is 5.85. The molecule has 0 aromatic rings. The Morgan fingerprint density at radius 1 is 0.778 bits per heavy atom. The molecular weight excluding hydrogens is 220 g/mol. The summed E-state index contributed by atoms with van der Waals surface area (Å²) in [4.78, 5) is 13.0. The van der Waals surface area contributed by atoms with Crippen molar-refractivity contribution in [1.29, 1.82) is 0 Å². The van der Waals surface area contributed by atoms with Gasteiger partial charge in [0, 0.05) is 11.8 Å². The number of ketones is 1. The molecule has 2 saturated carbocycles. The van der Waals surface area contributed by atoms with Gasteiger partial charge in [-0.15, -0.1) is 0 Å². The molecule has 1 heteroatoms. The Labute approximate surface area is 113 Å². The second-order valence-corrected chi connectivity index (χ2v) is 7.98. The van der Waals surface area contributed by atoms with E-state index in [0.29, 0.717) is 17.6 Å². The third-order valence-corrected chi connectivity index (χ3v) is 5.70. The highest BCUT2D eigenvalue weighted by atomic mass is 16.1. The molecule has 0 aromatic carbocycles. The molecule has 2 fully saturated rings. The van der Waals surface area contributed by atoms with Crippen molar-refractivity contribution >= 4 is 5.78 Å². The summed E-state index contributed by atoms with van der Waals surface area (Å²) in [5.74, 6) is 1.26. The zero-order valence-electron chi connectivity index (χ0n) is 12.7. The lowest BCUT2D eigenvalue weighted by molar-refractivity contribution is -0.137. The largest absolute Gasteiger partial charge is 0.299 e. The lowest BCUT2D eigenvalue weighted by Crippen LogP contribution is -2.43. The first-order valence-corrected chi connectivity index (χ1v) is 7.88. The third-order valence-electron chi connectivity index (χ3n) is 5.70. The summed E-state index contributed by atoms with van der Waals surface area (Å²) in [6.07, 6.45) is 9.87. The Bertz CT molecular complexity index is 284. The number of hydrogen-bond donors (Lipinski definition) is 0. The molecule has 2 unspecified atom stereocenters. The molecule has 0 bridgehead atoms. The standard InChI is InChI=1S/C17H30O/c1-16(2)11-7-5-9-13(16)15(18)14-10-6-8-12-17(14,3)4/h13-14H,5-12H2,1-4H3. The van der Waals surface area contributed by atoms with Crippen LogP contribution in [0.4, 0.5) is 0 Å². The van der Waals surface area contributed by atoms with Gasteiger partial charge in [-0.2, -0.15) is 0 Å². The number of rotatable bonds is 2. The molecule has 2 rings (SSSR count). The smallest absolute Gasteiger partial charge is 0.140 e. The maximum absolute atomic E-state index is 13.0. The highest BCUT2D eigenvalue weighted by Gasteiger charge is 2.44. The van der Waals surface area contributed by atoms with Crippen LogP contribution in [0, 0.1) is 22.7 Å². The molecular formula is C17H30O. The molecule has 2 aliphatic rings. The first-order valence-electron chi connectivity index (χ1n) is 7.88. The number of carbonyl (C=O) groups excluding carboxylic acids is 1. The maximum Gasteiger partial charge on any atom is 0.140 e. The topological polar surface area (TPSA) is 17.1 Å². The van der Waals surface area contributed by atoms with E-state index in [4.69, 9.17) is 0 Å². The minimum absolute atomic E-state index is 0.239. The molecule has 0 spiro atoms. The fraction of sp³-hybridized carbons (Fsp3) is 0.941. The lowest BCUT2D eigenvalue weighted by Gasteiger charge is -2.44. The second-order valence-electron chi connectivity index (χ2n) is 7.98. The van der Waals surface area contributed by atoms with Gasteiger partial charge in [-0.25, -0.2) is 0 Å². The quantitative estimate of drug-likeness (QED) is 0.675. The van der Waals surface area contributed by atoms with Crippen LogP contribution in [0.1, 0.15) is 79.1 Å². The molecule has 0 radical (unpaired) electrons. The Morgan fingerprint density at radius 3 is 1.50 bits per heavy atom. The second kappa shape index (κ2) is 4.98. The van der Waals surface area contributed by atoms with Crippen molar-refractivity contribution in [3.8, 4) is 0 Å². The predicted molar refractivity (Wildman–Crippen MR) is 76.5 cm³/mol. The van der Waals surface area contributed by atoms with Gasteiger partial charge in [-0.3, -0.25) is 4.79 Å². The molecule has 0 N–H and O–H groups in total. The molecule has 18 heavy (non-hydrogen) atoms. The Kier molecular flexibility index (Phi) is 3.90. The van der Waals surface area contributed by atoms with E-state index in [0.717, 1.165) is 12.8 Å². The normalized spacial score (nSPS) is 35.1. The van der Waals surface area contributed by atoms with Crippen LogP contribution in [0.5, 0.6) is 0 Å². The summed E-state index contributed by atoms with van der Waals surface area (Å²) in [5.41, 5.74) is 0.478. The van der Waals surface area contributed by atoms with E-state index in [1.54, 1.807) is 0 Å². The van der Waals surface area contributed by atoms with E-state index in [9.17, 15) is 4.79 Å². The molecule has 1 nitrogen and oxygen atoms in total. The van der Waals surface area contributed by atoms with Crippen LogP contribution in [0.2, 0.25) is 0 Å². The van der Waals surface area contributed by atoms with Crippen LogP contribution in [0.3, 0.4) is 0 Å². The first kappa shape index (κ1) is 14.1. The molecule has 0 amide bonds. The van der Waals surface area contributed by atoms with Crippen molar-refractivity contribution in [2.24, 2.45) is 22.7 Å². The van der Waals surface area contributed by atoms with Gasteiger partial charge in [0.2, 0.25) is 0 Å². The van der Waals surface area contributed by atoms with Gasteiger partial charge in [0.05, 0.1) is 0 Å². The van der Waals surface area contributed by atoms with Crippen molar-refractivity contribution in [2.45, 2.75) is 79.1 Å². The van der Waals surface area contributed by atoms with Gasteiger partial charge in [-0.05, 0) is 36.5 Å². The van der Waals surface area contributed by atoms with Crippen LogP contribution in [-0.4, -0.2) is 5.78 Å². The van der Waals surface area contributed by atoms with Crippen LogP contribution in [0.25, 0.3) is 0 Å². The summed E-state index contributed by atoms with van der Waals surface area (Å²) in [7, 11) is 0. The Balaban J connectivity index is 2.14. The number of hydrogen-bond acceptors (Lipinski definition) is 1. The summed E-state index contributed by atoms with van der Waals surface area (Å²) in [6, 6.07) is 0. The van der Waals surface area contributed by atoms with Crippen molar-refractivity contribution in [2.75, 3.05) is 0 Å². The zero-order valence-corrected chi connectivity index (χ0v) is 12.7. The molecule has 2 aliphatic carbocycles. The molecule has 0 aromatic heterocycles. The van der Waals surface area contributed by atoms with Gasteiger partial charge in [-0.1, -0.05) is 53.4 Å². The third kappa shape index (κ3) is 2.65. The van der Waals surface area contributed by atoms with Crippen molar-refractivity contribution in [1.82, 2.24) is 0 Å². The van der Waals surface area contributed by atoms with E-state index in [1.165, 1.54) is 38.5 Å². The molecule has 0 saturated heterocycles. The summed E-state index contributed by atoms with van der Waals surface area (Å²) < 4.78 is 0. The number of carbonyl (C=O) groups is 1. The van der Waals surface area contributed by atoms with Gasteiger partial charge in [0.1, 0.15) is 5.78 Å². The van der Waals surface area contributed by atoms with Crippen molar-refractivity contribution in [3.63, 3.8) is 0 Å². The average Bonchev–Trinajstić information content (AvgIpc) is 2.27. The van der Waals surface area contributed by atoms with Crippen molar-refractivity contribution in [3.05, 3.63) is 0 Å². The fourth-order valence-corrected chi connectivity index (χ4v) is 4.29. The number of Topliss-reactive ketones (excluding diaryl/α,β-unsaturated/α-hetero) is 1. The summed E-state index contributed by atoms with van der Waals surface area (Å²) in [6.45, 7) is 9.24. The Morgan fingerprint density at radius 2 is 1.17 bits per heavy atom. The summed E-state index contributed by atoms with van der Waals surface area (Å²) >= 11 is 0. The average molecular weight is 250 g/mol. The van der Waals surface area contributed by atoms with E-state index < -0.39 is 0 Å². The van der Waals surface area contributed by atoms with Crippen LogP contribution in [0.15, 0.2) is 0 Å². The highest BCUT2D eigenvalue weighted by Crippen LogP contribution is 2.48. The van der Waals surface area contributed by atoms with Gasteiger partial charge >= 0.3 is 0 Å². The van der Waals surface area contributed by atoms with Gasteiger partial charge in [0.15, 0.2) is 0 Å². The molecule has 0 heterocycles. The lowest BCUT2D eigenvalue weighted by atomic mass is 9.59. The van der Waals surface area contributed by atoms with Crippen molar-refractivity contribution < 1.29 is 4.79 Å². The van der Waals surface area contributed by atoms with Crippen LogP contribution >= 0.6 is 0 Å². The van der Waals surface area contributed by atoms with E-state index in [2.05, 4.69) is 27.7 Å². The van der Waals surface area contributed by atoms with E-state index in [1.807, 2.05) is 0 Å². The predicted octanol–water partition coefficient (Wildman–Crippen LogP) is 4.99. The molecule has 2 atom stereocenters. The summed E-state index contributed by atoms with van der Waals surface area (Å²) in [5, 5.41) is 0. The Hall–Kier alpha value is -0.330. The van der Waals surface area contributed by atoms with Crippen LogP contribution in [-0.2, 0) is 4.79 Å². The van der Waals surface area contributed by atoms with Gasteiger partial charge < -0.3 is 0 Å².